The Morgan fingerprint density at radius 3 is 2.62 bits per heavy atom. The first kappa shape index (κ1) is 22.3. The van der Waals surface area contributed by atoms with Gasteiger partial charge in [0.25, 0.3) is 0 Å². The monoisotopic (exact) mass is 418 g/mol. The highest BCUT2D eigenvalue weighted by molar-refractivity contribution is 7.92. The number of nitrogens with one attached hydrogen (secondary N) is 1. The number of sulfonamides is 1. The smallest absolute Gasteiger partial charge is 0.247 e. The first-order valence-electron chi connectivity index (χ1n) is 8.96. The molecule has 1 N–H and O–H groups in total. The summed E-state index contributed by atoms with van der Waals surface area (Å²) in [7, 11) is -2.31. The Balaban J connectivity index is 2.33. The third kappa shape index (κ3) is 5.74. The van der Waals surface area contributed by atoms with Crippen molar-refractivity contribution >= 4 is 27.3 Å². The van der Waals surface area contributed by atoms with Crippen LogP contribution in [0, 0.1) is 6.92 Å². The fraction of sp³-hybridized carbons (Fsp3) is 0.286. The van der Waals surface area contributed by atoms with Crippen molar-refractivity contribution in [1.29, 1.82) is 0 Å². The molecule has 0 saturated heterocycles. The fourth-order valence-electron chi connectivity index (χ4n) is 2.82. The van der Waals surface area contributed by atoms with Gasteiger partial charge in [0, 0.05) is 11.8 Å². The van der Waals surface area contributed by atoms with Crippen molar-refractivity contribution in [1.82, 2.24) is 0 Å². The van der Waals surface area contributed by atoms with Crippen molar-refractivity contribution in [3.05, 3.63) is 60.7 Å². The van der Waals surface area contributed by atoms with Crippen molar-refractivity contribution in [3.63, 3.8) is 0 Å². The zero-order valence-electron chi connectivity index (χ0n) is 17.0. The number of carbonyl (C=O) groups excluding carboxylic acids is 1. The first-order chi connectivity index (χ1) is 13.7. The van der Waals surface area contributed by atoms with Gasteiger partial charge in [-0.15, -0.1) is 0 Å². The Hall–Kier alpha value is -3.00. The molecule has 0 aromatic heterocycles. The molecule has 0 aliphatic rings. The molecule has 2 rings (SSSR count). The van der Waals surface area contributed by atoms with E-state index < -0.39 is 22.0 Å². The third-order valence-electron chi connectivity index (χ3n) is 4.13. The van der Waals surface area contributed by atoms with Gasteiger partial charge in [0.1, 0.15) is 24.1 Å². The molecule has 0 fully saturated rings. The summed E-state index contributed by atoms with van der Waals surface area (Å²) in [6, 6.07) is 11.0. The molecule has 8 heteroatoms. The van der Waals surface area contributed by atoms with Gasteiger partial charge in [-0.1, -0.05) is 24.8 Å². The second-order valence-corrected chi connectivity index (χ2v) is 8.39. The molecular formula is C21H26N2O5S. The zero-order valence-corrected chi connectivity index (χ0v) is 17.8. The molecule has 7 nitrogen and oxygen atoms in total. The predicted molar refractivity (Wildman–Crippen MR) is 115 cm³/mol. The number of benzene rings is 2. The fourth-order valence-corrected chi connectivity index (χ4v) is 3.99. The maximum atomic E-state index is 12.9. The Morgan fingerprint density at radius 1 is 1.28 bits per heavy atom. The van der Waals surface area contributed by atoms with E-state index in [0.29, 0.717) is 29.5 Å². The zero-order chi connectivity index (χ0) is 21.6. The average Bonchev–Trinajstić information content (AvgIpc) is 2.66. The molecular weight excluding hydrogens is 392 g/mol. The number of amides is 1. The van der Waals surface area contributed by atoms with Crippen molar-refractivity contribution < 1.29 is 22.7 Å². The molecule has 0 heterocycles. The van der Waals surface area contributed by atoms with Crippen molar-refractivity contribution in [3.8, 4) is 11.5 Å². The molecule has 0 aliphatic heterocycles. The minimum Gasteiger partial charge on any atom is -0.495 e. The first-order valence-corrected chi connectivity index (χ1v) is 10.8. The van der Waals surface area contributed by atoms with Crippen molar-refractivity contribution in [2.75, 3.05) is 29.6 Å². The number of nitrogens with zero attached hydrogens (tertiary/aromatic N) is 1. The number of hydrogen-bond donors (Lipinski definition) is 1. The van der Waals surface area contributed by atoms with Gasteiger partial charge < -0.3 is 14.8 Å². The molecule has 1 atom stereocenters. The number of carbonyl (C=O) groups is 1. The molecule has 1 amide bonds. The largest absolute Gasteiger partial charge is 0.495 e. The number of methoxy groups -OCH3 is 1. The Bertz CT molecular complexity index is 988. The highest BCUT2D eigenvalue weighted by Gasteiger charge is 2.31. The average molecular weight is 419 g/mol. The van der Waals surface area contributed by atoms with Gasteiger partial charge in [-0.3, -0.25) is 9.10 Å². The number of hydrogen-bond acceptors (Lipinski definition) is 5. The maximum absolute atomic E-state index is 12.9. The molecule has 2 aromatic rings. The van der Waals surface area contributed by atoms with E-state index in [1.807, 2.05) is 13.0 Å². The molecule has 156 valence electrons. The maximum Gasteiger partial charge on any atom is 0.247 e. The minimum absolute atomic E-state index is 0.306. The second-order valence-electron chi connectivity index (χ2n) is 6.53. The topological polar surface area (TPSA) is 84.9 Å². The normalized spacial score (nSPS) is 12.0. The van der Waals surface area contributed by atoms with Crippen LogP contribution in [-0.4, -0.2) is 40.3 Å². The summed E-state index contributed by atoms with van der Waals surface area (Å²) in [5.74, 6) is 0.441. The summed E-state index contributed by atoms with van der Waals surface area (Å²) in [6.45, 7) is 7.29. The molecule has 29 heavy (non-hydrogen) atoms. The van der Waals surface area contributed by atoms with Gasteiger partial charge in [0.2, 0.25) is 15.9 Å². The number of aryl methyl sites for hydroxylation is 1. The number of rotatable bonds is 9. The summed E-state index contributed by atoms with van der Waals surface area (Å²) < 4.78 is 36.9. The Morgan fingerprint density at radius 2 is 2.00 bits per heavy atom. The van der Waals surface area contributed by atoms with Crippen LogP contribution in [0.25, 0.3) is 0 Å². The van der Waals surface area contributed by atoms with E-state index in [9.17, 15) is 13.2 Å². The van der Waals surface area contributed by atoms with E-state index in [4.69, 9.17) is 9.47 Å². The van der Waals surface area contributed by atoms with Crippen LogP contribution in [0.4, 0.5) is 11.4 Å². The molecule has 0 aliphatic carbocycles. The molecule has 0 unspecified atom stereocenters. The third-order valence-corrected chi connectivity index (χ3v) is 5.36. The lowest BCUT2D eigenvalue weighted by molar-refractivity contribution is -0.116. The van der Waals surface area contributed by atoms with Crippen molar-refractivity contribution in [2.45, 2.75) is 19.9 Å². The molecule has 0 saturated carbocycles. The Labute approximate surface area is 172 Å². The molecule has 2 aromatic carbocycles. The van der Waals surface area contributed by atoms with Crippen LogP contribution in [0.5, 0.6) is 11.5 Å². The second kappa shape index (κ2) is 9.47. The van der Waals surface area contributed by atoms with Gasteiger partial charge >= 0.3 is 0 Å². The van der Waals surface area contributed by atoms with Crippen LogP contribution in [0.1, 0.15) is 12.5 Å². The van der Waals surface area contributed by atoms with Crippen LogP contribution in [0.2, 0.25) is 0 Å². The lowest BCUT2D eigenvalue weighted by Crippen LogP contribution is -2.45. The van der Waals surface area contributed by atoms with Gasteiger partial charge in [0.05, 0.1) is 19.1 Å². The van der Waals surface area contributed by atoms with Crippen LogP contribution in [-0.2, 0) is 14.8 Å². The predicted octanol–water partition coefficient (Wildman–Crippen LogP) is 3.36. The molecule has 0 spiro atoms. The van der Waals surface area contributed by atoms with Crippen LogP contribution < -0.4 is 19.1 Å². The Kier molecular flexibility index (Phi) is 7.28. The highest BCUT2D eigenvalue weighted by Crippen LogP contribution is 2.33. The van der Waals surface area contributed by atoms with Gasteiger partial charge in [0.15, 0.2) is 0 Å². The lowest BCUT2D eigenvalue weighted by atomic mass is 10.2. The van der Waals surface area contributed by atoms with Crippen LogP contribution >= 0.6 is 0 Å². The van der Waals surface area contributed by atoms with E-state index in [1.165, 1.54) is 14.0 Å². The van der Waals surface area contributed by atoms with E-state index >= 15 is 0 Å². The highest BCUT2D eigenvalue weighted by atomic mass is 32.2. The molecule has 0 bridgehead atoms. The number of ether oxygens (including phenoxy) is 2. The summed E-state index contributed by atoms with van der Waals surface area (Å²) >= 11 is 0. The van der Waals surface area contributed by atoms with E-state index in [2.05, 4.69) is 11.9 Å². The molecule has 0 radical (unpaired) electrons. The van der Waals surface area contributed by atoms with E-state index in [0.717, 1.165) is 16.1 Å². The standard InChI is InChI=1S/C21H26N2O5S/c1-6-12-28-18-9-7-8-17(14-18)22-21(24)16(3)23(29(5,25)26)19-13-15(2)10-11-20(19)27-4/h6-11,13-14,16H,1,12H2,2-5H3,(H,22,24)/t16-/m1/s1. The van der Waals surface area contributed by atoms with Crippen LogP contribution in [0.15, 0.2) is 55.1 Å². The summed E-state index contributed by atoms with van der Waals surface area (Å²) in [5, 5.41) is 2.74. The summed E-state index contributed by atoms with van der Waals surface area (Å²) in [5.41, 5.74) is 1.64. The van der Waals surface area contributed by atoms with Gasteiger partial charge in [-0.2, -0.15) is 0 Å². The number of anilines is 2. The minimum atomic E-state index is -3.77. The SMILES string of the molecule is C=CCOc1cccc(NC(=O)[C@@H](C)N(c2cc(C)ccc2OC)S(C)(=O)=O)c1. The summed E-state index contributed by atoms with van der Waals surface area (Å²) in [4.78, 5) is 12.9. The van der Waals surface area contributed by atoms with Crippen molar-refractivity contribution in [2.24, 2.45) is 0 Å². The van der Waals surface area contributed by atoms with Crippen LogP contribution in [0.3, 0.4) is 0 Å². The lowest BCUT2D eigenvalue weighted by Gasteiger charge is -2.29. The summed E-state index contributed by atoms with van der Waals surface area (Å²) in [6.07, 6.45) is 2.68. The van der Waals surface area contributed by atoms with E-state index in [-0.39, 0.29) is 0 Å². The van der Waals surface area contributed by atoms with Gasteiger partial charge in [-0.05, 0) is 43.7 Å². The van der Waals surface area contributed by atoms with Gasteiger partial charge in [-0.25, -0.2) is 8.42 Å². The quantitative estimate of drug-likeness (QED) is 0.631. The van der Waals surface area contributed by atoms with E-state index in [1.54, 1.807) is 42.5 Å².